The van der Waals surface area contributed by atoms with Gasteiger partial charge in [0.2, 0.25) is 0 Å². The molecule has 28 heavy (non-hydrogen) atoms. The lowest BCUT2D eigenvalue weighted by atomic mass is 9.70. The first-order valence-corrected chi connectivity index (χ1v) is 10.2. The lowest BCUT2D eigenvalue weighted by Gasteiger charge is -2.37. The summed E-state index contributed by atoms with van der Waals surface area (Å²) in [5.74, 6) is -2.85. The van der Waals surface area contributed by atoms with E-state index in [1.807, 2.05) is 32.9 Å². The fourth-order valence-electron chi connectivity index (χ4n) is 4.05. The highest BCUT2D eigenvalue weighted by Gasteiger charge is 2.47. The van der Waals surface area contributed by atoms with Crippen molar-refractivity contribution in [3.8, 4) is 0 Å². The molecule has 0 unspecified atom stereocenters. The molecule has 3 rings (SSSR count). The number of hydrogen-bond donors (Lipinski definition) is 1. The summed E-state index contributed by atoms with van der Waals surface area (Å²) in [7, 11) is 1.29. The third kappa shape index (κ3) is 3.39. The average molecular weight is 404 g/mol. The van der Waals surface area contributed by atoms with E-state index >= 15 is 0 Å². The third-order valence-electron chi connectivity index (χ3n) is 5.28. The van der Waals surface area contributed by atoms with Crippen molar-refractivity contribution < 1.29 is 23.9 Å². The minimum atomic E-state index is -0.865. The molecule has 150 valence electrons. The van der Waals surface area contributed by atoms with Crippen LogP contribution >= 0.6 is 11.3 Å². The number of nitrogens with one attached hydrogen (secondary N) is 1. The van der Waals surface area contributed by atoms with Crippen LogP contribution in [0.2, 0.25) is 0 Å². The fourth-order valence-corrected chi connectivity index (χ4v) is 5.05. The minimum Gasteiger partial charge on any atom is -0.468 e. The summed E-state index contributed by atoms with van der Waals surface area (Å²) >= 11 is 1.54. The first-order chi connectivity index (χ1) is 13.3. The lowest BCUT2D eigenvalue weighted by Crippen LogP contribution is -2.43. The molecule has 0 aromatic carbocycles. The molecule has 1 aliphatic heterocycles. The highest BCUT2D eigenvalue weighted by Crippen LogP contribution is 2.46. The first-order valence-electron chi connectivity index (χ1n) is 9.36. The van der Waals surface area contributed by atoms with Gasteiger partial charge in [-0.05, 0) is 45.2 Å². The van der Waals surface area contributed by atoms with Gasteiger partial charge in [-0.15, -0.1) is 11.3 Å². The molecule has 1 aliphatic carbocycles. The number of dihydropyridines is 1. The van der Waals surface area contributed by atoms with Gasteiger partial charge >= 0.3 is 11.9 Å². The van der Waals surface area contributed by atoms with Gasteiger partial charge in [-0.25, -0.2) is 4.79 Å². The van der Waals surface area contributed by atoms with Crippen LogP contribution < -0.4 is 5.32 Å². The van der Waals surface area contributed by atoms with Gasteiger partial charge in [0.05, 0.1) is 25.2 Å². The number of hydrogen-bond acceptors (Lipinski definition) is 7. The Balaban J connectivity index is 2.16. The van der Waals surface area contributed by atoms with E-state index in [0.29, 0.717) is 23.3 Å². The molecule has 2 heterocycles. The van der Waals surface area contributed by atoms with E-state index in [2.05, 4.69) is 5.32 Å². The SMILES string of the molecule is CCOC(=O)C1=C(C)NC2=C(C(=O)[C@@H](C(=O)OC)[C@@H](C)C2)[C@@H]1c1ccc(C)s1. The van der Waals surface area contributed by atoms with Crippen molar-refractivity contribution in [3.63, 3.8) is 0 Å². The maximum atomic E-state index is 13.4. The molecule has 6 nitrogen and oxygen atoms in total. The Labute approximate surface area is 168 Å². The van der Waals surface area contributed by atoms with Crippen LogP contribution in [0.4, 0.5) is 0 Å². The zero-order valence-corrected chi connectivity index (χ0v) is 17.6. The van der Waals surface area contributed by atoms with Crippen LogP contribution in [0.15, 0.2) is 34.7 Å². The summed E-state index contributed by atoms with van der Waals surface area (Å²) in [6.07, 6.45) is 0.537. The second kappa shape index (κ2) is 7.91. The molecule has 3 atom stereocenters. The molecule has 0 saturated heterocycles. The zero-order chi connectivity index (χ0) is 20.6. The molecule has 1 aromatic heterocycles. The Bertz CT molecular complexity index is 894. The second-order valence-electron chi connectivity index (χ2n) is 7.20. The van der Waals surface area contributed by atoms with Crippen LogP contribution in [-0.4, -0.2) is 31.4 Å². The largest absolute Gasteiger partial charge is 0.468 e. The summed E-state index contributed by atoms with van der Waals surface area (Å²) in [5, 5.41) is 3.24. The van der Waals surface area contributed by atoms with Crippen molar-refractivity contribution in [1.82, 2.24) is 5.32 Å². The number of esters is 2. The van der Waals surface area contributed by atoms with E-state index in [0.717, 1.165) is 15.5 Å². The van der Waals surface area contributed by atoms with E-state index in [4.69, 9.17) is 9.47 Å². The predicted molar refractivity (Wildman–Crippen MR) is 106 cm³/mol. The number of allylic oxidation sites excluding steroid dienone is 3. The Hall–Kier alpha value is -2.41. The standard InChI is InChI=1S/C21H25NO5S/c1-6-27-21(25)16-12(4)22-13-9-10(2)15(20(24)26-5)19(23)17(13)18(16)14-8-7-11(3)28-14/h7-8,10,15,18,22H,6,9H2,1-5H3/t10-,15-,18+/m0/s1. The van der Waals surface area contributed by atoms with Gasteiger partial charge < -0.3 is 14.8 Å². The Morgan fingerprint density at radius 2 is 2.00 bits per heavy atom. The van der Waals surface area contributed by atoms with Gasteiger partial charge in [-0.2, -0.15) is 0 Å². The molecule has 1 N–H and O–H groups in total. The lowest BCUT2D eigenvalue weighted by molar-refractivity contribution is -0.151. The number of thiophene rings is 1. The number of carbonyl (C=O) groups excluding carboxylic acids is 3. The van der Waals surface area contributed by atoms with Gasteiger partial charge in [-0.3, -0.25) is 9.59 Å². The van der Waals surface area contributed by atoms with Crippen molar-refractivity contribution in [1.29, 1.82) is 0 Å². The smallest absolute Gasteiger partial charge is 0.336 e. The maximum Gasteiger partial charge on any atom is 0.336 e. The quantitative estimate of drug-likeness (QED) is 0.614. The molecule has 0 bridgehead atoms. The summed E-state index contributed by atoms with van der Waals surface area (Å²) < 4.78 is 10.2. The first kappa shape index (κ1) is 20.3. The van der Waals surface area contributed by atoms with E-state index in [-0.39, 0.29) is 18.3 Å². The molecule has 0 spiro atoms. The maximum absolute atomic E-state index is 13.4. The summed E-state index contributed by atoms with van der Waals surface area (Å²) in [4.78, 5) is 40.5. The fraction of sp³-hybridized carbons (Fsp3) is 0.476. The number of ether oxygens (including phenoxy) is 2. The number of rotatable bonds is 4. The molecule has 1 aromatic rings. The topological polar surface area (TPSA) is 81.7 Å². The Kier molecular flexibility index (Phi) is 5.74. The Morgan fingerprint density at radius 1 is 1.29 bits per heavy atom. The molecule has 0 saturated carbocycles. The molecular formula is C21H25NO5S. The molecule has 0 amide bonds. The molecule has 0 fully saturated rings. The van der Waals surface area contributed by atoms with Crippen LogP contribution in [0.25, 0.3) is 0 Å². The highest BCUT2D eigenvalue weighted by molar-refractivity contribution is 7.12. The Morgan fingerprint density at radius 3 is 2.57 bits per heavy atom. The van der Waals surface area contributed by atoms with Crippen molar-refractivity contribution in [2.24, 2.45) is 11.8 Å². The van der Waals surface area contributed by atoms with E-state index < -0.39 is 23.8 Å². The van der Waals surface area contributed by atoms with Crippen LogP contribution in [0, 0.1) is 18.8 Å². The van der Waals surface area contributed by atoms with Crippen LogP contribution in [0.5, 0.6) is 0 Å². The van der Waals surface area contributed by atoms with E-state index in [1.54, 1.807) is 6.92 Å². The number of methoxy groups -OCH3 is 1. The molecule has 0 radical (unpaired) electrons. The normalized spacial score (nSPS) is 24.6. The monoisotopic (exact) mass is 403 g/mol. The number of Topliss-reactive ketones (excluding diaryl/α,β-unsaturated/α-hetero) is 1. The number of ketones is 1. The number of carbonyl (C=O) groups is 3. The van der Waals surface area contributed by atoms with Crippen LogP contribution in [-0.2, 0) is 23.9 Å². The van der Waals surface area contributed by atoms with Gasteiger partial charge in [0.15, 0.2) is 5.78 Å². The van der Waals surface area contributed by atoms with E-state index in [1.165, 1.54) is 18.4 Å². The summed E-state index contributed by atoms with van der Waals surface area (Å²) in [5.41, 5.74) is 2.36. The zero-order valence-electron chi connectivity index (χ0n) is 16.8. The minimum absolute atomic E-state index is 0.186. The third-order valence-corrected chi connectivity index (χ3v) is 6.35. The average Bonchev–Trinajstić information content (AvgIpc) is 3.06. The molecule has 2 aliphatic rings. The molecule has 7 heteroatoms. The van der Waals surface area contributed by atoms with Crippen molar-refractivity contribution in [2.45, 2.75) is 40.0 Å². The van der Waals surface area contributed by atoms with E-state index in [9.17, 15) is 14.4 Å². The van der Waals surface area contributed by atoms with Crippen LogP contribution in [0.3, 0.4) is 0 Å². The number of aryl methyl sites for hydroxylation is 1. The summed E-state index contributed by atoms with van der Waals surface area (Å²) in [6.45, 7) is 7.67. The van der Waals surface area contributed by atoms with Crippen molar-refractivity contribution >= 4 is 29.1 Å². The highest BCUT2D eigenvalue weighted by atomic mass is 32.1. The van der Waals surface area contributed by atoms with Gasteiger partial charge in [-0.1, -0.05) is 6.92 Å². The van der Waals surface area contributed by atoms with Gasteiger partial charge in [0.25, 0.3) is 0 Å². The van der Waals surface area contributed by atoms with Crippen molar-refractivity contribution in [2.75, 3.05) is 13.7 Å². The predicted octanol–water partition coefficient (Wildman–Crippen LogP) is 3.23. The van der Waals surface area contributed by atoms with Crippen molar-refractivity contribution in [3.05, 3.63) is 44.4 Å². The van der Waals surface area contributed by atoms with Crippen LogP contribution in [0.1, 0.15) is 42.9 Å². The summed E-state index contributed by atoms with van der Waals surface area (Å²) in [6, 6.07) is 3.90. The van der Waals surface area contributed by atoms with Gasteiger partial charge in [0.1, 0.15) is 5.92 Å². The second-order valence-corrected chi connectivity index (χ2v) is 8.52. The molecular weight excluding hydrogens is 378 g/mol. The van der Waals surface area contributed by atoms with Gasteiger partial charge in [0, 0.05) is 26.7 Å².